The molecule has 10 heteroatoms. The highest BCUT2D eigenvalue weighted by molar-refractivity contribution is 9.10. The van der Waals surface area contributed by atoms with E-state index in [1.54, 1.807) is 0 Å². The van der Waals surface area contributed by atoms with Gasteiger partial charge in [0.2, 0.25) is 0 Å². The summed E-state index contributed by atoms with van der Waals surface area (Å²) in [4.78, 5) is 48.1. The predicted octanol–water partition coefficient (Wildman–Crippen LogP) is 0.861. The lowest BCUT2D eigenvalue weighted by atomic mass is 10.1. The summed E-state index contributed by atoms with van der Waals surface area (Å²) in [6.45, 7) is 0. The molecule has 0 spiro atoms. The van der Waals surface area contributed by atoms with Gasteiger partial charge in [0.05, 0.1) is 31.0 Å². The van der Waals surface area contributed by atoms with Crippen LogP contribution in [0.2, 0.25) is 0 Å². The molecule has 0 fully saturated rings. The molecule has 0 atom stereocenters. The number of rotatable bonds is 3. The molecule has 3 N–H and O–H groups in total. The maximum absolute atomic E-state index is 12.5. The summed E-state index contributed by atoms with van der Waals surface area (Å²) in [6.07, 6.45) is 0. The number of ether oxygens (including phenoxy) is 2. The number of fused-ring (bicyclic) bond motifs is 1. The first-order valence-corrected chi connectivity index (χ1v) is 7.96. The van der Waals surface area contributed by atoms with Gasteiger partial charge < -0.3 is 15.2 Å². The number of halogens is 1. The highest BCUT2D eigenvalue weighted by atomic mass is 79.9. The maximum Gasteiger partial charge on any atom is 0.341 e. The number of nitrogens with zero attached hydrogens (tertiary/aromatic N) is 1. The first-order valence-electron chi connectivity index (χ1n) is 7.17. The van der Waals surface area contributed by atoms with Gasteiger partial charge in [-0.1, -0.05) is 0 Å². The molecule has 134 valence electrons. The normalized spacial score (nSPS) is 12.6. The second-order valence-electron chi connectivity index (χ2n) is 5.27. The number of hydrogen-bond acceptors (Lipinski definition) is 7. The molecule has 0 bridgehead atoms. The maximum atomic E-state index is 12.5. The molecule has 3 rings (SSSR count). The molecule has 1 aromatic heterocycles. The highest BCUT2D eigenvalue weighted by Gasteiger charge is 2.32. The summed E-state index contributed by atoms with van der Waals surface area (Å²) >= 11 is 3.27. The number of esters is 1. The van der Waals surface area contributed by atoms with Crippen LogP contribution in [0.1, 0.15) is 31.1 Å². The van der Waals surface area contributed by atoms with E-state index in [-0.39, 0.29) is 33.9 Å². The Balaban J connectivity index is 2.31. The number of nitrogens with one attached hydrogen (secondary N) is 1. The van der Waals surface area contributed by atoms with Crippen LogP contribution in [0.5, 0.6) is 5.75 Å². The molecule has 1 aliphatic rings. The van der Waals surface area contributed by atoms with Gasteiger partial charge in [-0.2, -0.15) is 0 Å². The van der Waals surface area contributed by atoms with Gasteiger partial charge in [0.15, 0.2) is 0 Å². The van der Waals surface area contributed by atoms with Gasteiger partial charge in [-0.05, 0) is 22.0 Å². The Morgan fingerprint density at radius 3 is 2.46 bits per heavy atom. The first kappa shape index (κ1) is 17.7. The van der Waals surface area contributed by atoms with Crippen molar-refractivity contribution in [3.8, 4) is 11.4 Å². The van der Waals surface area contributed by atoms with Crippen LogP contribution in [-0.2, 0) is 4.74 Å². The lowest BCUT2D eigenvalue weighted by molar-refractivity contribution is 0.0596. The van der Waals surface area contributed by atoms with Crippen LogP contribution in [0.25, 0.3) is 5.69 Å². The lowest BCUT2D eigenvalue weighted by Crippen LogP contribution is -2.24. The van der Waals surface area contributed by atoms with Crippen molar-refractivity contribution in [3.63, 3.8) is 0 Å². The monoisotopic (exact) mass is 421 g/mol. The zero-order valence-electron chi connectivity index (χ0n) is 13.6. The van der Waals surface area contributed by atoms with E-state index in [2.05, 4.69) is 26.0 Å². The molecule has 0 unspecified atom stereocenters. The van der Waals surface area contributed by atoms with E-state index in [0.29, 0.717) is 4.47 Å². The third-order valence-corrected chi connectivity index (χ3v) is 4.50. The molecular weight excluding hydrogens is 410 g/mol. The molecule has 0 radical (unpaired) electrons. The van der Waals surface area contributed by atoms with Crippen LogP contribution in [-0.4, -0.2) is 36.6 Å². The van der Waals surface area contributed by atoms with E-state index in [1.807, 2.05) is 0 Å². The van der Waals surface area contributed by atoms with Crippen LogP contribution in [0.4, 0.5) is 5.82 Å². The average molecular weight is 422 g/mol. The van der Waals surface area contributed by atoms with Gasteiger partial charge in [-0.3, -0.25) is 24.3 Å². The SMILES string of the molecule is COC(=O)c1cc(Br)c(-n2c(N)c3c(cc2=O)C(=O)NC3=O)cc1OC. The standard InChI is InChI=1S/C16H12BrN3O6/c1-25-10-5-9(8(17)3-6(10)16(24)26-2)20-11(21)4-7-12(13(20)18)15(23)19-14(7)22/h3-5H,18H2,1-2H3,(H,19,22,23). The topological polar surface area (TPSA) is 130 Å². The number of nitrogens with two attached hydrogens (primary N) is 1. The molecule has 2 aromatic rings. The molecule has 9 nitrogen and oxygen atoms in total. The number of hydrogen-bond donors (Lipinski definition) is 2. The van der Waals surface area contributed by atoms with Crippen molar-refractivity contribution in [3.05, 3.63) is 49.7 Å². The van der Waals surface area contributed by atoms with Crippen LogP contribution in [0.3, 0.4) is 0 Å². The van der Waals surface area contributed by atoms with Gasteiger partial charge >= 0.3 is 5.97 Å². The van der Waals surface area contributed by atoms with Crippen LogP contribution >= 0.6 is 15.9 Å². The lowest BCUT2D eigenvalue weighted by Gasteiger charge is -2.16. The largest absolute Gasteiger partial charge is 0.496 e. The van der Waals surface area contributed by atoms with Gasteiger partial charge in [0, 0.05) is 16.6 Å². The molecule has 0 saturated carbocycles. The van der Waals surface area contributed by atoms with E-state index >= 15 is 0 Å². The molecule has 1 aromatic carbocycles. The molecule has 2 heterocycles. The molecule has 1 aliphatic heterocycles. The molecule has 26 heavy (non-hydrogen) atoms. The first-order chi connectivity index (χ1) is 12.3. The number of aromatic nitrogens is 1. The van der Waals surface area contributed by atoms with Crippen LogP contribution in [0.15, 0.2) is 27.5 Å². The number of nitrogen functional groups attached to an aromatic ring is 1. The summed E-state index contributed by atoms with van der Waals surface area (Å²) in [7, 11) is 2.57. The van der Waals surface area contributed by atoms with Gasteiger partial charge in [0.1, 0.15) is 17.1 Å². The summed E-state index contributed by atoms with van der Waals surface area (Å²) in [5, 5.41) is 2.09. The van der Waals surface area contributed by atoms with Gasteiger partial charge in [0.25, 0.3) is 17.4 Å². The van der Waals surface area contributed by atoms with Crippen LogP contribution < -0.4 is 21.3 Å². The number of imide groups is 1. The third-order valence-electron chi connectivity index (χ3n) is 3.87. The fourth-order valence-corrected chi connectivity index (χ4v) is 3.20. The Bertz CT molecular complexity index is 1040. The van der Waals surface area contributed by atoms with E-state index in [4.69, 9.17) is 10.5 Å². The van der Waals surface area contributed by atoms with Gasteiger partial charge in [-0.25, -0.2) is 4.79 Å². The zero-order valence-corrected chi connectivity index (χ0v) is 15.2. The van der Waals surface area contributed by atoms with Crippen LogP contribution in [0, 0.1) is 0 Å². The summed E-state index contributed by atoms with van der Waals surface area (Å²) in [5.74, 6) is -2.07. The van der Waals surface area contributed by atoms with Crippen molar-refractivity contribution in [2.45, 2.75) is 0 Å². The Morgan fingerprint density at radius 2 is 1.85 bits per heavy atom. The molecule has 0 saturated heterocycles. The number of amides is 2. The molecule has 0 aliphatic carbocycles. The molecule has 2 amide bonds. The number of pyridine rings is 1. The zero-order chi connectivity index (χ0) is 19.2. The Labute approximate surface area is 154 Å². The number of methoxy groups -OCH3 is 2. The van der Waals surface area contributed by atoms with E-state index < -0.39 is 23.3 Å². The Morgan fingerprint density at radius 1 is 1.15 bits per heavy atom. The highest BCUT2D eigenvalue weighted by Crippen LogP contribution is 2.32. The number of carbonyl (C=O) groups is 3. The molecular formula is C16H12BrN3O6. The van der Waals surface area contributed by atoms with E-state index in [1.165, 1.54) is 26.4 Å². The van der Waals surface area contributed by atoms with Gasteiger partial charge in [-0.15, -0.1) is 0 Å². The van der Waals surface area contributed by atoms with Crippen molar-refractivity contribution in [1.29, 1.82) is 0 Å². The van der Waals surface area contributed by atoms with E-state index in [9.17, 15) is 19.2 Å². The van der Waals surface area contributed by atoms with Crippen molar-refractivity contribution in [2.24, 2.45) is 0 Å². The number of carbonyl (C=O) groups excluding carboxylic acids is 3. The predicted molar refractivity (Wildman–Crippen MR) is 93.8 cm³/mol. The second-order valence-corrected chi connectivity index (χ2v) is 6.12. The van der Waals surface area contributed by atoms with Crippen molar-refractivity contribution >= 4 is 39.5 Å². The summed E-state index contributed by atoms with van der Waals surface area (Å²) in [6, 6.07) is 3.83. The summed E-state index contributed by atoms with van der Waals surface area (Å²) in [5.41, 5.74) is 5.57. The quantitative estimate of drug-likeness (QED) is 0.554. The van der Waals surface area contributed by atoms with Crippen molar-refractivity contribution in [1.82, 2.24) is 9.88 Å². The Hall–Kier alpha value is -3.14. The summed E-state index contributed by atoms with van der Waals surface area (Å²) < 4.78 is 11.3. The Kier molecular flexibility index (Phi) is 4.28. The second kappa shape index (κ2) is 6.30. The number of anilines is 1. The average Bonchev–Trinajstić information content (AvgIpc) is 2.89. The minimum absolute atomic E-state index is 0.0805. The van der Waals surface area contributed by atoms with Crippen molar-refractivity contribution in [2.75, 3.05) is 20.0 Å². The van der Waals surface area contributed by atoms with Crippen molar-refractivity contribution < 1.29 is 23.9 Å². The third kappa shape index (κ3) is 2.54. The van der Waals surface area contributed by atoms with E-state index in [0.717, 1.165) is 10.6 Å². The minimum atomic E-state index is -0.689. The fourth-order valence-electron chi connectivity index (χ4n) is 2.68. The fraction of sp³-hybridized carbons (Fsp3) is 0.125. The minimum Gasteiger partial charge on any atom is -0.496 e. The smallest absolute Gasteiger partial charge is 0.341 e. The number of benzene rings is 1.